The van der Waals surface area contributed by atoms with Gasteiger partial charge in [0.2, 0.25) is 0 Å². The molecule has 15 heteroatoms. The summed E-state index contributed by atoms with van der Waals surface area (Å²) < 4.78 is 60.1. The fourth-order valence-corrected chi connectivity index (χ4v) is 3.77. The van der Waals surface area contributed by atoms with Crippen molar-refractivity contribution >= 4 is 7.82 Å². The third-order valence-electron chi connectivity index (χ3n) is 4.33. The Morgan fingerprint density at radius 1 is 1.16 bits per heavy atom. The van der Waals surface area contributed by atoms with Crippen LogP contribution >= 0.6 is 7.82 Å². The molecule has 0 amide bonds. The van der Waals surface area contributed by atoms with Crippen molar-refractivity contribution in [3.63, 3.8) is 0 Å². The minimum Gasteiger partial charge on any atom is -0.790 e. The normalized spacial score (nSPS) is 14.1. The molecule has 3 aromatic rings. The molecule has 154 valence electrons. The summed E-state index contributed by atoms with van der Waals surface area (Å²) in [5, 5.41) is 3.81. The quantitative estimate of drug-likeness (QED) is 0.247. The maximum atomic E-state index is 14.7. The van der Waals surface area contributed by atoms with E-state index in [1.54, 1.807) is 0 Å². The first kappa shape index (κ1) is 28.4. The first-order chi connectivity index (χ1) is 13.6. The van der Waals surface area contributed by atoms with Gasteiger partial charge in [-0.1, -0.05) is 13.0 Å². The summed E-state index contributed by atoms with van der Waals surface area (Å²) in [7, 11) is -5.78. The van der Waals surface area contributed by atoms with Crippen molar-refractivity contribution in [1.82, 2.24) is 24.7 Å². The van der Waals surface area contributed by atoms with Gasteiger partial charge in [0.25, 0.3) is 0 Å². The Kier molecular flexibility index (Phi) is 10.5. The van der Waals surface area contributed by atoms with Crippen LogP contribution in [-0.4, -0.2) is 24.7 Å². The van der Waals surface area contributed by atoms with Crippen molar-refractivity contribution in [1.29, 1.82) is 0 Å². The van der Waals surface area contributed by atoms with Gasteiger partial charge in [0.1, 0.15) is 36.2 Å². The van der Waals surface area contributed by atoms with Crippen LogP contribution in [0.15, 0.2) is 43.4 Å². The van der Waals surface area contributed by atoms with Crippen LogP contribution in [0.5, 0.6) is 0 Å². The van der Waals surface area contributed by atoms with Gasteiger partial charge in [-0.2, -0.15) is 5.10 Å². The molecule has 0 saturated carbocycles. The molecule has 0 fully saturated rings. The van der Waals surface area contributed by atoms with Gasteiger partial charge < -0.3 is 18.9 Å². The third kappa shape index (κ3) is 6.67. The molecule has 0 N–H and O–H groups in total. The predicted octanol–water partition coefficient (Wildman–Crippen LogP) is -4.96. The van der Waals surface area contributed by atoms with Gasteiger partial charge >= 0.3 is 59.1 Å². The van der Waals surface area contributed by atoms with E-state index in [0.717, 1.165) is 42.0 Å². The van der Waals surface area contributed by atoms with E-state index in [0.29, 0.717) is 6.07 Å². The zero-order chi connectivity index (χ0) is 21.2. The molecule has 0 radical (unpaired) electrons. The van der Waals surface area contributed by atoms with E-state index in [4.69, 9.17) is 4.52 Å². The third-order valence-corrected chi connectivity index (χ3v) is 4.88. The number of rotatable bonds is 7. The van der Waals surface area contributed by atoms with E-state index in [1.165, 1.54) is 6.92 Å². The fourth-order valence-electron chi connectivity index (χ4n) is 3.06. The van der Waals surface area contributed by atoms with Crippen LogP contribution in [0, 0.1) is 17.5 Å². The van der Waals surface area contributed by atoms with E-state index in [-0.39, 0.29) is 64.8 Å². The van der Waals surface area contributed by atoms with Gasteiger partial charge in [-0.05, 0) is 6.07 Å². The number of halogens is 3. The summed E-state index contributed by atoms with van der Waals surface area (Å²) in [4.78, 5) is 34.2. The van der Waals surface area contributed by atoms with Gasteiger partial charge in [-0.15, -0.1) is 0 Å². The summed E-state index contributed by atoms with van der Waals surface area (Å²) >= 11 is 0. The number of aromatic nitrogens is 5. The number of hydrogen-bond donors (Lipinski definition) is 0. The topological polar surface area (TPSA) is 129 Å². The van der Waals surface area contributed by atoms with Crippen molar-refractivity contribution in [2.75, 3.05) is 0 Å². The van der Waals surface area contributed by atoms with E-state index < -0.39 is 48.9 Å². The predicted molar refractivity (Wildman–Crippen MR) is 87.2 cm³/mol. The van der Waals surface area contributed by atoms with Crippen LogP contribution in [0.3, 0.4) is 0 Å². The maximum Gasteiger partial charge on any atom is 1.00 e. The largest absolute Gasteiger partial charge is 1.00 e. The van der Waals surface area contributed by atoms with Crippen LogP contribution in [-0.2, 0) is 21.2 Å². The molecule has 31 heavy (non-hydrogen) atoms. The monoisotopic (exact) mass is 473 g/mol. The average Bonchev–Trinajstić information content (AvgIpc) is 3.12. The van der Waals surface area contributed by atoms with Gasteiger partial charge in [-0.3, -0.25) is 0 Å². The molecule has 1 aromatic carbocycles. The number of benzene rings is 1. The van der Waals surface area contributed by atoms with Gasteiger partial charge in [0.05, 0.1) is 26.3 Å². The Morgan fingerprint density at radius 2 is 1.87 bits per heavy atom. The van der Waals surface area contributed by atoms with E-state index >= 15 is 0 Å². The second-order valence-corrected chi connectivity index (χ2v) is 7.20. The van der Waals surface area contributed by atoms with Crippen molar-refractivity contribution in [2.24, 2.45) is 0 Å². The second-order valence-electron chi connectivity index (χ2n) is 6.12. The summed E-state index contributed by atoms with van der Waals surface area (Å²) in [6, 6.07) is 2.24. The summed E-state index contributed by atoms with van der Waals surface area (Å²) in [5.74, 6) is -4.46. The molecule has 0 aliphatic heterocycles. The number of nitrogens with zero attached hydrogens (tertiary/aromatic N) is 5. The van der Waals surface area contributed by atoms with Crippen molar-refractivity contribution in [3.05, 3.63) is 72.1 Å². The van der Waals surface area contributed by atoms with Crippen LogP contribution in [0.1, 0.15) is 24.1 Å². The Bertz CT molecular complexity index is 1060. The van der Waals surface area contributed by atoms with E-state index in [2.05, 4.69) is 20.1 Å². The molecule has 0 aliphatic carbocycles. The molecule has 0 saturated heterocycles. The second kappa shape index (κ2) is 11.5. The van der Waals surface area contributed by atoms with Crippen LogP contribution in [0.25, 0.3) is 0 Å². The smallest absolute Gasteiger partial charge is 0.790 e. The zero-order valence-corrected chi connectivity index (χ0v) is 21.7. The number of phosphoric acid groups is 1. The molecule has 0 unspecified atom stereocenters. The first-order valence-electron chi connectivity index (χ1n) is 8.08. The van der Waals surface area contributed by atoms with E-state index in [1.807, 2.05) is 0 Å². The molecule has 3 rings (SSSR count). The molecule has 2 heterocycles. The van der Waals surface area contributed by atoms with Crippen molar-refractivity contribution in [3.8, 4) is 0 Å². The Labute approximate surface area is 219 Å². The van der Waals surface area contributed by atoms with Crippen LogP contribution < -0.4 is 68.9 Å². The van der Waals surface area contributed by atoms with Crippen LogP contribution in [0.2, 0.25) is 0 Å². The van der Waals surface area contributed by atoms with Crippen molar-refractivity contribution < 1.29 is 91.2 Å². The summed E-state index contributed by atoms with van der Waals surface area (Å²) in [5.41, 5.74) is -3.22. The summed E-state index contributed by atoms with van der Waals surface area (Å²) in [6.07, 6.45) is 4.07. The zero-order valence-electron chi connectivity index (χ0n) is 16.8. The number of hydrogen-bond acceptors (Lipinski definition) is 8. The molecule has 2 aromatic heterocycles. The molecule has 2 atom stereocenters. The first-order valence-corrected chi connectivity index (χ1v) is 9.54. The molecule has 0 bridgehead atoms. The maximum absolute atomic E-state index is 14.7. The van der Waals surface area contributed by atoms with Crippen LogP contribution in [0.4, 0.5) is 13.2 Å². The SMILES string of the molecule is C[C@@H](c1ncncc1F)[C@@](Cn1cncn1)(OP(=O)([O-])[O-])c1ccc(F)cc1F.[Na+].[Na+]. The van der Waals surface area contributed by atoms with Crippen molar-refractivity contribution in [2.45, 2.75) is 25.0 Å². The van der Waals surface area contributed by atoms with Gasteiger partial charge in [0.15, 0.2) is 5.82 Å². The van der Waals surface area contributed by atoms with Gasteiger partial charge in [0, 0.05) is 17.5 Å². The van der Waals surface area contributed by atoms with E-state index in [9.17, 15) is 27.5 Å². The average molecular weight is 473 g/mol. The Hall–Kier alpha value is -0.660. The Balaban J connectivity index is 0.00000240. The summed E-state index contributed by atoms with van der Waals surface area (Å²) in [6.45, 7) is 0.704. The molecule has 9 nitrogen and oxygen atoms in total. The molecule has 0 spiro atoms. The minimum atomic E-state index is -5.78. The molecular weight excluding hydrogens is 460 g/mol. The molecule has 0 aliphatic rings. The molecular formula is C16H13F3N5Na2O4P. The number of phosphoric ester groups is 1. The standard InChI is InChI=1S/C16H15F3N5O4P.2Na/c1-10(15-14(19)5-20-7-22-15)16(28-29(25,26)27,6-24-9-21-8-23-24)12-3-2-11(17)4-13(12)18;;/h2-5,7-10H,6H2,1H3,(H2,25,26,27);;/q;2*+1/p-2/t10-,16+;;/m0../s1. The Morgan fingerprint density at radius 3 is 2.42 bits per heavy atom. The fraction of sp³-hybridized carbons (Fsp3) is 0.250. The minimum absolute atomic E-state index is 0. The van der Waals surface area contributed by atoms with Gasteiger partial charge in [-0.25, -0.2) is 32.8 Å².